The molecule has 0 radical (unpaired) electrons. The molecule has 0 bridgehead atoms. The van der Waals surface area contributed by atoms with Crippen molar-refractivity contribution in [1.82, 2.24) is 4.98 Å². The smallest absolute Gasteiger partial charge is 0.129 e. The van der Waals surface area contributed by atoms with Crippen LogP contribution in [0.2, 0.25) is 0 Å². The van der Waals surface area contributed by atoms with Crippen molar-refractivity contribution in [1.29, 1.82) is 0 Å². The summed E-state index contributed by atoms with van der Waals surface area (Å²) < 4.78 is 13.3. The Balaban J connectivity index is 2.16. The fourth-order valence-electron chi connectivity index (χ4n) is 1.36. The SMILES string of the molecule is Cc1ccc(NC(=S)c2ccccn2)cc1F. The van der Waals surface area contributed by atoms with E-state index < -0.39 is 0 Å². The van der Waals surface area contributed by atoms with Crippen LogP contribution in [0, 0.1) is 12.7 Å². The summed E-state index contributed by atoms with van der Waals surface area (Å²) in [6, 6.07) is 10.4. The summed E-state index contributed by atoms with van der Waals surface area (Å²) in [5.41, 5.74) is 1.91. The van der Waals surface area contributed by atoms with Crippen molar-refractivity contribution in [3.05, 3.63) is 59.7 Å². The Morgan fingerprint density at radius 1 is 1.29 bits per heavy atom. The number of benzene rings is 1. The summed E-state index contributed by atoms with van der Waals surface area (Å²) in [5, 5.41) is 2.96. The van der Waals surface area contributed by atoms with Crippen LogP contribution in [0.5, 0.6) is 0 Å². The van der Waals surface area contributed by atoms with Crippen molar-refractivity contribution in [2.24, 2.45) is 0 Å². The number of thiocarbonyl (C=S) groups is 1. The van der Waals surface area contributed by atoms with E-state index in [0.717, 1.165) is 0 Å². The second kappa shape index (κ2) is 5.01. The molecule has 1 aromatic carbocycles. The maximum Gasteiger partial charge on any atom is 0.129 e. The number of pyridine rings is 1. The van der Waals surface area contributed by atoms with Crippen LogP contribution in [0.4, 0.5) is 10.1 Å². The molecule has 0 saturated carbocycles. The third kappa shape index (κ3) is 2.85. The maximum absolute atomic E-state index is 13.3. The third-order valence-electron chi connectivity index (χ3n) is 2.33. The van der Waals surface area contributed by atoms with Gasteiger partial charge in [-0.2, -0.15) is 0 Å². The zero-order valence-electron chi connectivity index (χ0n) is 9.27. The van der Waals surface area contributed by atoms with E-state index in [1.165, 1.54) is 6.07 Å². The fraction of sp³-hybridized carbons (Fsp3) is 0.0769. The van der Waals surface area contributed by atoms with Gasteiger partial charge in [0.1, 0.15) is 10.8 Å². The zero-order valence-corrected chi connectivity index (χ0v) is 10.1. The van der Waals surface area contributed by atoms with Crippen molar-refractivity contribution in [2.75, 3.05) is 5.32 Å². The van der Waals surface area contributed by atoms with Gasteiger partial charge in [0.15, 0.2) is 0 Å². The van der Waals surface area contributed by atoms with E-state index in [-0.39, 0.29) is 5.82 Å². The van der Waals surface area contributed by atoms with E-state index >= 15 is 0 Å². The summed E-state index contributed by atoms with van der Waals surface area (Å²) in [6.07, 6.45) is 1.67. The lowest BCUT2D eigenvalue weighted by Crippen LogP contribution is -2.12. The highest BCUT2D eigenvalue weighted by molar-refractivity contribution is 7.81. The number of aryl methyl sites for hydroxylation is 1. The molecule has 0 atom stereocenters. The minimum Gasteiger partial charge on any atom is -0.345 e. The van der Waals surface area contributed by atoms with Gasteiger partial charge < -0.3 is 5.32 Å². The highest BCUT2D eigenvalue weighted by Crippen LogP contribution is 2.14. The summed E-state index contributed by atoms with van der Waals surface area (Å²) in [4.78, 5) is 4.60. The van der Waals surface area contributed by atoms with Crippen LogP contribution >= 0.6 is 12.2 Å². The molecule has 2 aromatic rings. The second-order valence-corrected chi connectivity index (χ2v) is 4.04. The molecular weight excluding hydrogens is 235 g/mol. The summed E-state index contributed by atoms with van der Waals surface area (Å²) in [5.74, 6) is -0.251. The largest absolute Gasteiger partial charge is 0.345 e. The lowest BCUT2D eigenvalue weighted by Gasteiger charge is -2.08. The van der Waals surface area contributed by atoms with Crippen LogP contribution in [-0.2, 0) is 0 Å². The Hall–Kier alpha value is -1.81. The molecular formula is C13H11FN2S. The summed E-state index contributed by atoms with van der Waals surface area (Å²) >= 11 is 5.18. The molecule has 0 unspecified atom stereocenters. The molecule has 1 aromatic heterocycles. The van der Waals surface area contributed by atoms with E-state index in [0.29, 0.717) is 21.9 Å². The molecule has 2 rings (SSSR count). The van der Waals surface area contributed by atoms with E-state index in [4.69, 9.17) is 12.2 Å². The topological polar surface area (TPSA) is 24.9 Å². The molecule has 1 heterocycles. The van der Waals surface area contributed by atoms with E-state index in [1.807, 2.05) is 12.1 Å². The monoisotopic (exact) mass is 246 g/mol. The first-order valence-corrected chi connectivity index (χ1v) is 5.56. The molecule has 1 N–H and O–H groups in total. The van der Waals surface area contributed by atoms with E-state index in [1.54, 1.807) is 31.3 Å². The first-order valence-electron chi connectivity index (χ1n) is 5.15. The number of hydrogen-bond donors (Lipinski definition) is 1. The second-order valence-electron chi connectivity index (χ2n) is 3.63. The van der Waals surface area contributed by atoms with Gasteiger partial charge in [0.2, 0.25) is 0 Å². The summed E-state index contributed by atoms with van der Waals surface area (Å²) in [6.45, 7) is 1.72. The lowest BCUT2D eigenvalue weighted by atomic mass is 10.2. The van der Waals surface area contributed by atoms with E-state index in [9.17, 15) is 4.39 Å². The number of aromatic nitrogens is 1. The van der Waals surface area contributed by atoms with Gasteiger partial charge in [-0.1, -0.05) is 24.4 Å². The van der Waals surface area contributed by atoms with Crippen LogP contribution in [0.15, 0.2) is 42.6 Å². The third-order valence-corrected chi connectivity index (χ3v) is 2.64. The molecule has 4 heteroatoms. The van der Waals surface area contributed by atoms with Gasteiger partial charge in [0, 0.05) is 11.9 Å². The molecule has 0 saturated heterocycles. The van der Waals surface area contributed by atoms with Crippen LogP contribution in [-0.4, -0.2) is 9.97 Å². The van der Waals surface area contributed by atoms with E-state index in [2.05, 4.69) is 10.3 Å². The fourth-order valence-corrected chi connectivity index (χ4v) is 1.60. The Morgan fingerprint density at radius 3 is 2.76 bits per heavy atom. The predicted molar refractivity (Wildman–Crippen MR) is 70.7 cm³/mol. The Labute approximate surface area is 105 Å². The highest BCUT2D eigenvalue weighted by atomic mass is 32.1. The normalized spacial score (nSPS) is 10.0. The van der Waals surface area contributed by atoms with Crippen molar-refractivity contribution in [3.8, 4) is 0 Å². The predicted octanol–water partition coefficient (Wildman–Crippen LogP) is 3.32. The summed E-state index contributed by atoms with van der Waals surface area (Å²) in [7, 11) is 0. The highest BCUT2D eigenvalue weighted by Gasteiger charge is 2.04. The van der Waals surface area contributed by atoms with Gasteiger partial charge >= 0.3 is 0 Å². The first-order chi connectivity index (χ1) is 8.16. The molecule has 0 aliphatic heterocycles. The molecule has 0 fully saturated rings. The molecule has 17 heavy (non-hydrogen) atoms. The number of halogens is 1. The zero-order chi connectivity index (χ0) is 12.3. The van der Waals surface area contributed by atoms with Crippen LogP contribution in [0.1, 0.15) is 11.3 Å². The quantitative estimate of drug-likeness (QED) is 0.823. The van der Waals surface area contributed by atoms with Gasteiger partial charge in [-0.05, 0) is 36.8 Å². The molecule has 0 amide bonds. The molecule has 0 aliphatic carbocycles. The van der Waals surface area contributed by atoms with Gasteiger partial charge in [-0.25, -0.2) is 4.39 Å². The minimum atomic E-state index is -0.251. The minimum absolute atomic E-state index is 0.251. The Kier molecular flexibility index (Phi) is 3.44. The average molecular weight is 246 g/mol. The average Bonchev–Trinajstić information content (AvgIpc) is 2.35. The van der Waals surface area contributed by atoms with Gasteiger partial charge in [0.25, 0.3) is 0 Å². The Morgan fingerprint density at radius 2 is 2.12 bits per heavy atom. The van der Waals surface area contributed by atoms with Crippen LogP contribution in [0.3, 0.4) is 0 Å². The van der Waals surface area contributed by atoms with Gasteiger partial charge in [-0.3, -0.25) is 4.98 Å². The number of nitrogens with one attached hydrogen (secondary N) is 1. The number of anilines is 1. The maximum atomic E-state index is 13.3. The van der Waals surface area contributed by atoms with Crippen LogP contribution in [0.25, 0.3) is 0 Å². The Bertz CT molecular complexity index is 540. The standard InChI is InChI=1S/C13H11FN2S/c1-9-5-6-10(8-11(9)14)16-13(17)12-4-2-3-7-15-12/h2-8H,1H3,(H,16,17). The number of rotatable bonds is 2. The number of hydrogen-bond acceptors (Lipinski definition) is 2. The lowest BCUT2D eigenvalue weighted by molar-refractivity contribution is 0.619. The van der Waals surface area contributed by atoms with Gasteiger partial charge in [-0.15, -0.1) is 0 Å². The van der Waals surface area contributed by atoms with Gasteiger partial charge in [0.05, 0.1) is 5.69 Å². The van der Waals surface area contributed by atoms with Crippen LogP contribution < -0.4 is 5.32 Å². The van der Waals surface area contributed by atoms with Crippen molar-refractivity contribution < 1.29 is 4.39 Å². The van der Waals surface area contributed by atoms with Crippen molar-refractivity contribution in [2.45, 2.75) is 6.92 Å². The van der Waals surface area contributed by atoms with Crippen molar-refractivity contribution in [3.63, 3.8) is 0 Å². The number of nitrogens with zero attached hydrogens (tertiary/aromatic N) is 1. The molecule has 86 valence electrons. The molecule has 0 spiro atoms. The van der Waals surface area contributed by atoms with Crippen molar-refractivity contribution >= 4 is 22.9 Å². The molecule has 2 nitrogen and oxygen atoms in total. The molecule has 0 aliphatic rings. The first kappa shape index (κ1) is 11.7.